The number of carbonyl (C=O) groups is 2. The van der Waals surface area contributed by atoms with Crippen LogP contribution in [0.3, 0.4) is 0 Å². The van der Waals surface area contributed by atoms with Gasteiger partial charge in [-0.3, -0.25) is 9.59 Å². The Morgan fingerprint density at radius 1 is 1.50 bits per heavy atom. The number of nitrogen functional groups attached to an aromatic ring is 1. The molecule has 0 saturated heterocycles. The van der Waals surface area contributed by atoms with E-state index < -0.39 is 23.6 Å². The first kappa shape index (κ1) is 14.0. The molecule has 98 valence electrons. The number of nitrogens with one attached hydrogen (secondary N) is 1. The molecule has 18 heavy (non-hydrogen) atoms. The second-order valence-corrected chi connectivity index (χ2v) is 4.02. The molecular formula is C12H15FN2O3. The van der Waals surface area contributed by atoms with Crippen molar-refractivity contribution < 1.29 is 19.1 Å². The standard InChI is InChI=1S/C12H15FN2O3/c1-7(12(17)18)4-5-15-11(16)8-2-3-10(14)9(13)6-8/h2-3,6-7H,4-5,14H2,1H3,(H,15,16)(H,17,18). The van der Waals surface area contributed by atoms with Crippen molar-refractivity contribution in [2.24, 2.45) is 5.92 Å². The highest BCUT2D eigenvalue weighted by Crippen LogP contribution is 2.11. The lowest BCUT2D eigenvalue weighted by molar-refractivity contribution is -0.141. The Morgan fingerprint density at radius 3 is 2.72 bits per heavy atom. The highest BCUT2D eigenvalue weighted by Gasteiger charge is 2.12. The van der Waals surface area contributed by atoms with E-state index in [4.69, 9.17) is 10.8 Å². The third kappa shape index (κ3) is 3.73. The Labute approximate surface area is 104 Å². The number of carbonyl (C=O) groups excluding carboxylic acids is 1. The number of carboxylic acids is 1. The first-order valence-corrected chi connectivity index (χ1v) is 5.48. The molecule has 1 atom stereocenters. The summed E-state index contributed by atoms with van der Waals surface area (Å²) >= 11 is 0. The van der Waals surface area contributed by atoms with E-state index in [2.05, 4.69) is 5.32 Å². The predicted molar refractivity (Wildman–Crippen MR) is 64.6 cm³/mol. The minimum absolute atomic E-state index is 0.0222. The monoisotopic (exact) mass is 254 g/mol. The molecule has 0 fully saturated rings. The summed E-state index contributed by atoms with van der Waals surface area (Å²) in [4.78, 5) is 22.1. The molecule has 4 N–H and O–H groups in total. The van der Waals surface area contributed by atoms with Crippen LogP contribution < -0.4 is 11.1 Å². The molecule has 1 aromatic rings. The van der Waals surface area contributed by atoms with Gasteiger partial charge in [-0.05, 0) is 24.6 Å². The molecule has 0 saturated carbocycles. The average molecular weight is 254 g/mol. The molecule has 0 aliphatic carbocycles. The minimum Gasteiger partial charge on any atom is -0.481 e. The second kappa shape index (κ2) is 6.00. The quantitative estimate of drug-likeness (QED) is 0.689. The highest BCUT2D eigenvalue weighted by molar-refractivity contribution is 5.94. The summed E-state index contributed by atoms with van der Waals surface area (Å²) < 4.78 is 13.1. The molecule has 1 unspecified atom stereocenters. The van der Waals surface area contributed by atoms with Crippen LogP contribution in [-0.4, -0.2) is 23.5 Å². The number of carboxylic acid groups (broad SMARTS) is 1. The molecule has 1 amide bonds. The Kier molecular flexibility index (Phi) is 4.65. The van der Waals surface area contributed by atoms with Crippen LogP contribution in [0.1, 0.15) is 23.7 Å². The van der Waals surface area contributed by atoms with Gasteiger partial charge in [0.2, 0.25) is 0 Å². The van der Waals surface area contributed by atoms with Crippen LogP contribution in [-0.2, 0) is 4.79 Å². The Morgan fingerprint density at radius 2 is 2.17 bits per heavy atom. The number of anilines is 1. The fourth-order valence-corrected chi connectivity index (χ4v) is 1.30. The predicted octanol–water partition coefficient (Wildman–Crippen LogP) is 1.25. The summed E-state index contributed by atoms with van der Waals surface area (Å²) in [5.74, 6) is -2.55. The maximum atomic E-state index is 13.1. The van der Waals surface area contributed by atoms with E-state index in [9.17, 15) is 14.0 Å². The number of hydrogen-bond donors (Lipinski definition) is 3. The molecule has 6 heteroatoms. The molecular weight excluding hydrogens is 239 g/mol. The second-order valence-electron chi connectivity index (χ2n) is 4.02. The lowest BCUT2D eigenvalue weighted by atomic mass is 10.1. The zero-order valence-corrected chi connectivity index (χ0v) is 9.94. The van der Waals surface area contributed by atoms with Crippen LogP contribution in [0.25, 0.3) is 0 Å². The van der Waals surface area contributed by atoms with Crippen molar-refractivity contribution in [1.29, 1.82) is 0 Å². The lowest BCUT2D eigenvalue weighted by Gasteiger charge is -2.08. The van der Waals surface area contributed by atoms with Gasteiger partial charge in [-0.2, -0.15) is 0 Å². The molecule has 0 aliphatic rings. The minimum atomic E-state index is -0.914. The van der Waals surface area contributed by atoms with Gasteiger partial charge >= 0.3 is 5.97 Å². The lowest BCUT2D eigenvalue weighted by Crippen LogP contribution is -2.27. The number of halogens is 1. The fourth-order valence-electron chi connectivity index (χ4n) is 1.30. The molecule has 1 rings (SSSR count). The summed E-state index contributed by atoms with van der Waals surface area (Å²) in [6, 6.07) is 3.77. The Hall–Kier alpha value is -2.11. The largest absolute Gasteiger partial charge is 0.481 e. The van der Waals surface area contributed by atoms with Crippen LogP contribution in [0.15, 0.2) is 18.2 Å². The van der Waals surface area contributed by atoms with E-state index >= 15 is 0 Å². The van der Waals surface area contributed by atoms with E-state index in [0.717, 1.165) is 6.07 Å². The van der Waals surface area contributed by atoms with Crippen molar-refractivity contribution >= 4 is 17.6 Å². The van der Waals surface area contributed by atoms with Gasteiger partial charge in [-0.25, -0.2) is 4.39 Å². The van der Waals surface area contributed by atoms with Crippen LogP contribution in [0.4, 0.5) is 10.1 Å². The smallest absolute Gasteiger partial charge is 0.306 e. The summed E-state index contributed by atoms with van der Waals surface area (Å²) in [5, 5.41) is 11.2. The third-order valence-corrected chi connectivity index (χ3v) is 2.55. The molecule has 0 aliphatic heterocycles. The van der Waals surface area contributed by atoms with Gasteiger partial charge in [0.25, 0.3) is 5.91 Å². The average Bonchev–Trinajstić information content (AvgIpc) is 2.32. The fraction of sp³-hybridized carbons (Fsp3) is 0.333. The van der Waals surface area contributed by atoms with Gasteiger partial charge in [0.1, 0.15) is 5.82 Å². The van der Waals surface area contributed by atoms with Gasteiger partial charge in [0, 0.05) is 12.1 Å². The summed E-state index contributed by atoms with van der Waals surface area (Å²) in [6.45, 7) is 1.77. The summed E-state index contributed by atoms with van der Waals surface area (Å²) in [7, 11) is 0. The van der Waals surface area contributed by atoms with Gasteiger partial charge in [0.05, 0.1) is 11.6 Å². The summed E-state index contributed by atoms with van der Waals surface area (Å²) in [6.07, 6.45) is 0.318. The third-order valence-electron chi connectivity index (χ3n) is 2.55. The van der Waals surface area contributed by atoms with Crippen molar-refractivity contribution in [3.63, 3.8) is 0 Å². The van der Waals surface area contributed by atoms with Gasteiger partial charge in [-0.15, -0.1) is 0 Å². The molecule has 0 aromatic heterocycles. The van der Waals surface area contributed by atoms with E-state index in [-0.39, 0.29) is 17.8 Å². The zero-order chi connectivity index (χ0) is 13.7. The number of benzene rings is 1. The van der Waals surface area contributed by atoms with Gasteiger partial charge in [-0.1, -0.05) is 6.92 Å². The van der Waals surface area contributed by atoms with Crippen molar-refractivity contribution in [2.45, 2.75) is 13.3 Å². The SMILES string of the molecule is CC(CCNC(=O)c1ccc(N)c(F)c1)C(=O)O. The first-order chi connectivity index (χ1) is 8.41. The van der Waals surface area contributed by atoms with E-state index in [1.54, 1.807) is 6.92 Å². The highest BCUT2D eigenvalue weighted by atomic mass is 19.1. The normalized spacial score (nSPS) is 11.9. The van der Waals surface area contributed by atoms with Gasteiger partial charge in [0.15, 0.2) is 0 Å². The molecule has 0 radical (unpaired) electrons. The molecule has 1 aromatic carbocycles. The summed E-state index contributed by atoms with van der Waals surface area (Å²) in [5.41, 5.74) is 5.42. The molecule has 5 nitrogen and oxygen atoms in total. The van der Waals surface area contributed by atoms with Crippen molar-refractivity contribution in [3.8, 4) is 0 Å². The van der Waals surface area contributed by atoms with Crippen molar-refractivity contribution in [3.05, 3.63) is 29.6 Å². The van der Waals surface area contributed by atoms with Crippen molar-refractivity contribution in [1.82, 2.24) is 5.32 Å². The van der Waals surface area contributed by atoms with Crippen LogP contribution in [0.2, 0.25) is 0 Å². The number of nitrogens with two attached hydrogens (primary N) is 1. The van der Waals surface area contributed by atoms with Crippen LogP contribution >= 0.6 is 0 Å². The maximum Gasteiger partial charge on any atom is 0.306 e. The van der Waals surface area contributed by atoms with Crippen LogP contribution in [0, 0.1) is 11.7 Å². The van der Waals surface area contributed by atoms with E-state index in [1.807, 2.05) is 0 Å². The first-order valence-electron chi connectivity index (χ1n) is 5.48. The zero-order valence-electron chi connectivity index (χ0n) is 9.94. The molecule has 0 bridgehead atoms. The van der Waals surface area contributed by atoms with Crippen molar-refractivity contribution in [2.75, 3.05) is 12.3 Å². The number of hydrogen-bond acceptors (Lipinski definition) is 3. The number of amides is 1. The number of aliphatic carboxylic acids is 1. The molecule has 0 heterocycles. The van der Waals surface area contributed by atoms with Crippen LogP contribution in [0.5, 0.6) is 0 Å². The topological polar surface area (TPSA) is 92.4 Å². The molecule has 0 spiro atoms. The van der Waals surface area contributed by atoms with Gasteiger partial charge < -0.3 is 16.2 Å². The Bertz CT molecular complexity index is 463. The number of rotatable bonds is 5. The van der Waals surface area contributed by atoms with E-state index in [1.165, 1.54) is 12.1 Å². The van der Waals surface area contributed by atoms with E-state index in [0.29, 0.717) is 6.42 Å². The maximum absolute atomic E-state index is 13.1. The Balaban J connectivity index is 2.50.